The second-order valence-electron chi connectivity index (χ2n) is 5.05. The molecule has 1 aromatic carbocycles. The number of nitro benzene ring substituents is 1. The van der Waals surface area contributed by atoms with E-state index in [-0.39, 0.29) is 16.7 Å². The first-order valence-corrected chi connectivity index (χ1v) is 6.64. The van der Waals surface area contributed by atoms with E-state index in [1.54, 1.807) is 12.1 Å². The van der Waals surface area contributed by atoms with E-state index in [2.05, 4.69) is 12.2 Å². The molecule has 1 aliphatic rings. The van der Waals surface area contributed by atoms with E-state index < -0.39 is 0 Å². The third-order valence-corrected chi connectivity index (χ3v) is 3.93. The Bertz CT molecular complexity index is 433. The van der Waals surface area contributed by atoms with E-state index in [4.69, 9.17) is 4.74 Å². The molecule has 5 nitrogen and oxygen atoms in total. The summed E-state index contributed by atoms with van der Waals surface area (Å²) in [5.41, 5.74) is 1.26. The topological polar surface area (TPSA) is 64.4 Å². The van der Waals surface area contributed by atoms with Gasteiger partial charge in [-0.15, -0.1) is 0 Å². The van der Waals surface area contributed by atoms with Gasteiger partial charge in [-0.05, 0) is 32.4 Å². The van der Waals surface area contributed by atoms with Crippen molar-refractivity contribution in [2.75, 3.05) is 13.7 Å². The highest BCUT2D eigenvalue weighted by atomic mass is 16.6. The molecule has 0 spiro atoms. The first-order chi connectivity index (χ1) is 9.11. The van der Waals surface area contributed by atoms with E-state index in [1.165, 1.54) is 0 Å². The first-order valence-electron chi connectivity index (χ1n) is 6.64. The van der Waals surface area contributed by atoms with Crippen molar-refractivity contribution >= 4 is 5.69 Å². The number of ether oxygens (including phenoxy) is 1. The summed E-state index contributed by atoms with van der Waals surface area (Å²) in [5.74, 6) is 0.500. The predicted octanol–water partition coefficient (Wildman–Crippen LogP) is 2.15. The third-order valence-electron chi connectivity index (χ3n) is 3.93. The highest BCUT2D eigenvalue weighted by Crippen LogP contribution is 2.26. The summed E-state index contributed by atoms with van der Waals surface area (Å²) in [5, 5.41) is 14.0. The van der Waals surface area contributed by atoms with Crippen LogP contribution in [0, 0.1) is 16.0 Å². The van der Waals surface area contributed by atoms with Crippen molar-refractivity contribution in [1.82, 2.24) is 5.32 Å². The summed E-state index contributed by atoms with van der Waals surface area (Å²) in [6.07, 6.45) is 2.21. The molecule has 3 unspecified atom stereocenters. The molecule has 0 amide bonds. The summed E-state index contributed by atoms with van der Waals surface area (Å²) in [6.45, 7) is 2.93. The lowest BCUT2D eigenvalue weighted by Gasteiger charge is -2.25. The largest absolute Gasteiger partial charge is 0.378 e. The van der Waals surface area contributed by atoms with Gasteiger partial charge in [-0.3, -0.25) is 10.1 Å². The van der Waals surface area contributed by atoms with Gasteiger partial charge in [0.15, 0.2) is 0 Å². The Balaban J connectivity index is 2.03. The van der Waals surface area contributed by atoms with Crippen LogP contribution in [0.25, 0.3) is 0 Å². The Labute approximate surface area is 113 Å². The smallest absolute Gasteiger partial charge is 0.269 e. The van der Waals surface area contributed by atoms with Crippen LogP contribution in [0.4, 0.5) is 5.69 Å². The minimum atomic E-state index is -0.369. The Hall–Kier alpha value is -1.46. The molecule has 0 aromatic heterocycles. The number of nitrogens with zero attached hydrogens (tertiary/aromatic N) is 1. The Morgan fingerprint density at radius 2 is 2.16 bits per heavy atom. The normalized spacial score (nSPS) is 24.3. The van der Waals surface area contributed by atoms with Crippen LogP contribution in [0.5, 0.6) is 0 Å². The van der Waals surface area contributed by atoms with Gasteiger partial charge >= 0.3 is 0 Å². The van der Waals surface area contributed by atoms with Gasteiger partial charge in [0.1, 0.15) is 0 Å². The van der Waals surface area contributed by atoms with E-state index in [0.717, 1.165) is 25.0 Å². The number of likely N-dealkylation sites (N-methyl/N-ethyl adjacent to an activating group) is 1. The SMILES string of the molecule is CNC(Cc1ccc([N+](=O)[O-])cc1)C1CCOC1C. The number of hydrogen-bond acceptors (Lipinski definition) is 4. The van der Waals surface area contributed by atoms with Crippen LogP contribution in [0.15, 0.2) is 24.3 Å². The Morgan fingerprint density at radius 3 is 2.63 bits per heavy atom. The summed E-state index contributed by atoms with van der Waals surface area (Å²) in [7, 11) is 1.96. The molecule has 1 saturated heterocycles. The van der Waals surface area contributed by atoms with Crippen molar-refractivity contribution in [1.29, 1.82) is 0 Å². The molecular weight excluding hydrogens is 244 g/mol. The lowest BCUT2D eigenvalue weighted by Crippen LogP contribution is -2.38. The van der Waals surface area contributed by atoms with Gasteiger partial charge < -0.3 is 10.1 Å². The van der Waals surface area contributed by atoms with Crippen molar-refractivity contribution in [2.45, 2.75) is 31.9 Å². The number of rotatable bonds is 5. The second kappa shape index (κ2) is 6.12. The van der Waals surface area contributed by atoms with E-state index in [1.807, 2.05) is 19.2 Å². The molecule has 0 radical (unpaired) electrons. The number of non-ortho nitro benzene ring substituents is 1. The number of benzene rings is 1. The van der Waals surface area contributed by atoms with Gasteiger partial charge in [0.05, 0.1) is 11.0 Å². The maximum atomic E-state index is 10.6. The van der Waals surface area contributed by atoms with Crippen LogP contribution >= 0.6 is 0 Å². The minimum absolute atomic E-state index is 0.141. The molecule has 104 valence electrons. The Morgan fingerprint density at radius 1 is 1.47 bits per heavy atom. The average Bonchev–Trinajstić information content (AvgIpc) is 2.83. The van der Waals surface area contributed by atoms with Crippen molar-refractivity contribution in [2.24, 2.45) is 5.92 Å². The van der Waals surface area contributed by atoms with Crippen molar-refractivity contribution in [3.8, 4) is 0 Å². The lowest BCUT2D eigenvalue weighted by atomic mass is 9.89. The molecule has 3 atom stereocenters. The number of nitro groups is 1. The molecule has 5 heteroatoms. The maximum absolute atomic E-state index is 10.6. The van der Waals surface area contributed by atoms with Crippen LogP contribution in [0.2, 0.25) is 0 Å². The maximum Gasteiger partial charge on any atom is 0.269 e. The average molecular weight is 264 g/mol. The molecule has 0 aliphatic carbocycles. The standard InChI is InChI=1S/C14H20N2O3/c1-10-13(7-8-19-10)14(15-2)9-11-3-5-12(6-4-11)16(17)18/h3-6,10,13-15H,7-9H2,1-2H3. The minimum Gasteiger partial charge on any atom is -0.378 e. The molecule has 2 rings (SSSR count). The fraction of sp³-hybridized carbons (Fsp3) is 0.571. The van der Waals surface area contributed by atoms with Crippen LogP contribution in [-0.4, -0.2) is 30.7 Å². The van der Waals surface area contributed by atoms with Gasteiger partial charge in [0.25, 0.3) is 5.69 Å². The quantitative estimate of drug-likeness (QED) is 0.653. The fourth-order valence-electron chi connectivity index (χ4n) is 2.75. The second-order valence-corrected chi connectivity index (χ2v) is 5.05. The molecule has 19 heavy (non-hydrogen) atoms. The molecule has 1 heterocycles. The molecule has 1 fully saturated rings. The van der Waals surface area contributed by atoms with E-state index >= 15 is 0 Å². The van der Waals surface area contributed by atoms with Crippen molar-refractivity contribution in [3.63, 3.8) is 0 Å². The van der Waals surface area contributed by atoms with Crippen molar-refractivity contribution < 1.29 is 9.66 Å². The van der Waals surface area contributed by atoms with Gasteiger partial charge in [-0.1, -0.05) is 12.1 Å². The monoisotopic (exact) mass is 264 g/mol. The van der Waals surface area contributed by atoms with Crippen LogP contribution in [0.3, 0.4) is 0 Å². The van der Waals surface area contributed by atoms with Gasteiger partial charge in [-0.2, -0.15) is 0 Å². The third kappa shape index (κ3) is 3.30. The van der Waals surface area contributed by atoms with Gasteiger partial charge in [0.2, 0.25) is 0 Å². The first kappa shape index (κ1) is 14.0. The zero-order chi connectivity index (χ0) is 13.8. The van der Waals surface area contributed by atoms with Gasteiger partial charge in [0, 0.05) is 30.7 Å². The van der Waals surface area contributed by atoms with Gasteiger partial charge in [-0.25, -0.2) is 0 Å². The zero-order valence-electron chi connectivity index (χ0n) is 11.3. The fourth-order valence-corrected chi connectivity index (χ4v) is 2.75. The summed E-state index contributed by atoms with van der Waals surface area (Å²) < 4.78 is 5.61. The molecular formula is C14H20N2O3. The number of nitrogens with one attached hydrogen (secondary N) is 1. The summed E-state index contributed by atoms with van der Waals surface area (Å²) >= 11 is 0. The molecule has 0 saturated carbocycles. The number of hydrogen-bond donors (Lipinski definition) is 1. The van der Waals surface area contributed by atoms with E-state index in [9.17, 15) is 10.1 Å². The van der Waals surface area contributed by atoms with Crippen LogP contribution in [-0.2, 0) is 11.2 Å². The molecule has 1 N–H and O–H groups in total. The molecule has 1 aliphatic heterocycles. The lowest BCUT2D eigenvalue weighted by molar-refractivity contribution is -0.384. The summed E-state index contributed by atoms with van der Waals surface area (Å²) in [6, 6.07) is 7.15. The van der Waals surface area contributed by atoms with E-state index in [0.29, 0.717) is 12.0 Å². The molecule has 0 bridgehead atoms. The highest BCUT2D eigenvalue weighted by molar-refractivity contribution is 5.33. The summed E-state index contributed by atoms with van der Waals surface area (Å²) in [4.78, 5) is 10.3. The van der Waals surface area contributed by atoms with Crippen LogP contribution < -0.4 is 5.32 Å². The highest BCUT2D eigenvalue weighted by Gasteiger charge is 2.30. The molecule has 1 aromatic rings. The Kier molecular flexibility index (Phi) is 4.50. The van der Waals surface area contributed by atoms with Crippen molar-refractivity contribution in [3.05, 3.63) is 39.9 Å². The predicted molar refractivity (Wildman–Crippen MR) is 73.2 cm³/mol. The van der Waals surface area contributed by atoms with Crippen LogP contribution in [0.1, 0.15) is 18.9 Å². The zero-order valence-corrected chi connectivity index (χ0v) is 11.3.